The van der Waals surface area contributed by atoms with Gasteiger partial charge in [0.2, 0.25) is 0 Å². The van der Waals surface area contributed by atoms with Gasteiger partial charge in [-0.3, -0.25) is 14.6 Å². The molecule has 0 spiro atoms. The van der Waals surface area contributed by atoms with E-state index in [1.807, 2.05) is 0 Å². The zero-order chi connectivity index (χ0) is 22.2. The number of nitrogens with zero attached hydrogens (tertiary/aromatic N) is 1. The third-order valence-electron chi connectivity index (χ3n) is 4.22. The topological polar surface area (TPSA) is 118 Å². The van der Waals surface area contributed by atoms with Gasteiger partial charge in [-0.25, -0.2) is 4.79 Å². The molecule has 0 radical (unpaired) electrons. The number of nitrogens with one attached hydrogen (secondary N) is 2. The van der Waals surface area contributed by atoms with Crippen LogP contribution >= 0.6 is 0 Å². The summed E-state index contributed by atoms with van der Waals surface area (Å²) in [5.74, 6) is -2.01. The van der Waals surface area contributed by atoms with E-state index in [1.165, 1.54) is 37.6 Å². The number of anilines is 1. The van der Waals surface area contributed by atoms with Crippen LogP contribution in [0.1, 0.15) is 26.3 Å². The van der Waals surface area contributed by atoms with E-state index in [1.54, 1.807) is 48.7 Å². The molecule has 1 aromatic heterocycles. The van der Waals surface area contributed by atoms with Crippen molar-refractivity contribution in [2.45, 2.75) is 0 Å². The van der Waals surface area contributed by atoms with Gasteiger partial charge in [-0.1, -0.05) is 24.3 Å². The first-order valence-corrected chi connectivity index (χ1v) is 9.18. The Bertz CT molecular complexity index is 1130. The van der Waals surface area contributed by atoms with E-state index in [2.05, 4.69) is 15.6 Å². The minimum atomic E-state index is -1.15. The van der Waals surface area contributed by atoms with Crippen LogP contribution in [-0.4, -0.2) is 35.0 Å². The van der Waals surface area contributed by atoms with Crippen LogP contribution in [-0.2, 0) is 4.79 Å². The highest BCUT2D eigenvalue weighted by molar-refractivity contribution is 6.11. The van der Waals surface area contributed by atoms with Crippen LogP contribution in [0.25, 0.3) is 6.08 Å². The van der Waals surface area contributed by atoms with Gasteiger partial charge in [0.05, 0.1) is 18.4 Å². The standard InChI is InChI=1S/C23H19N3O5/c1-31-20-10-9-17(23(29)30)13-18(20)25-22(28)19(12-15-6-5-11-24-14-15)26-21(27)16-7-3-2-4-8-16/h2-14H,1H3,(H,25,28)(H,26,27)(H,29,30)/b19-12-. The summed E-state index contributed by atoms with van der Waals surface area (Å²) < 4.78 is 5.20. The lowest BCUT2D eigenvalue weighted by Crippen LogP contribution is -2.30. The highest BCUT2D eigenvalue weighted by Crippen LogP contribution is 2.26. The maximum absolute atomic E-state index is 13.0. The number of benzene rings is 2. The molecule has 0 aliphatic rings. The Morgan fingerprint density at radius 1 is 1.00 bits per heavy atom. The molecule has 156 valence electrons. The maximum Gasteiger partial charge on any atom is 0.335 e. The molecule has 0 unspecified atom stereocenters. The van der Waals surface area contributed by atoms with Crippen LogP contribution in [0, 0.1) is 0 Å². The Balaban J connectivity index is 1.93. The summed E-state index contributed by atoms with van der Waals surface area (Å²) in [5.41, 5.74) is 1.04. The number of carbonyl (C=O) groups excluding carboxylic acids is 2. The van der Waals surface area contributed by atoms with Crippen LogP contribution in [0.3, 0.4) is 0 Å². The molecule has 0 bridgehead atoms. The number of ether oxygens (including phenoxy) is 1. The predicted octanol–water partition coefficient (Wildman–Crippen LogP) is 3.20. The van der Waals surface area contributed by atoms with E-state index in [-0.39, 0.29) is 22.7 Å². The van der Waals surface area contributed by atoms with Crippen molar-refractivity contribution in [3.63, 3.8) is 0 Å². The quantitative estimate of drug-likeness (QED) is 0.508. The molecule has 3 rings (SSSR count). The molecule has 0 atom stereocenters. The second kappa shape index (κ2) is 9.84. The van der Waals surface area contributed by atoms with Crippen LogP contribution in [0.2, 0.25) is 0 Å². The van der Waals surface area contributed by atoms with E-state index in [9.17, 15) is 19.5 Å². The molecule has 0 saturated carbocycles. The van der Waals surface area contributed by atoms with E-state index in [4.69, 9.17) is 4.74 Å². The molecule has 31 heavy (non-hydrogen) atoms. The molecule has 0 aliphatic carbocycles. The Hall–Kier alpha value is -4.46. The zero-order valence-corrected chi connectivity index (χ0v) is 16.5. The van der Waals surface area contributed by atoms with Crippen LogP contribution in [0.4, 0.5) is 5.69 Å². The minimum Gasteiger partial charge on any atom is -0.495 e. The second-order valence-corrected chi connectivity index (χ2v) is 6.34. The molecule has 8 nitrogen and oxygen atoms in total. The van der Waals surface area contributed by atoms with E-state index >= 15 is 0 Å². The van der Waals surface area contributed by atoms with Crippen molar-refractivity contribution < 1.29 is 24.2 Å². The Labute approximate surface area is 178 Å². The number of hydrogen-bond acceptors (Lipinski definition) is 5. The molecule has 2 amide bonds. The number of carbonyl (C=O) groups is 3. The lowest BCUT2D eigenvalue weighted by atomic mass is 10.1. The summed E-state index contributed by atoms with van der Waals surface area (Å²) >= 11 is 0. The molecule has 0 aliphatic heterocycles. The fraction of sp³-hybridized carbons (Fsp3) is 0.0435. The molecule has 0 fully saturated rings. The summed E-state index contributed by atoms with van der Waals surface area (Å²) in [6, 6.07) is 15.9. The fourth-order valence-electron chi connectivity index (χ4n) is 2.70. The van der Waals surface area contributed by atoms with Gasteiger partial charge >= 0.3 is 5.97 Å². The highest BCUT2D eigenvalue weighted by atomic mass is 16.5. The van der Waals surface area contributed by atoms with Gasteiger partial charge in [0.25, 0.3) is 11.8 Å². The highest BCUT2D eigenvalue weighted by Gasteiger charge is 2.18. The molecule has 8 heteroatoms. The lowest BCUT2D eigenvalue weighted by Gasteiger charge is -2.14. The van der Waals surface area contributed by atoms with Crippen molar-refractivity contribution >= 4 is 29.5 Å². The summed E-state index contributed by atoms with van der Waals surface area (Å²) in [5, 5.41) is 14.4. The smallest absolute Gasteiger partial charge is 0.335 e. The monoisotopic (exact) mass is 417 g/mol. The molecular weight excluding hydrogens is 398 g/mol. The predicted molar refractivity (Wildman–Crippen MR) is 115 cm³/mol. The van der Waals surface area contributed by atoms with Crippen LogP contribution in [0.5, 0.6) is 5.75 Å². The van der Waals surface area contributed by atoms with Gasteiger partial charge in [0, 0.05) is 18.0 Å². The summed E-state index contributed by atoms with van der Waals surface area (Å²) in [7, 11) is 1.40. The van der Waals surface area contributed by atoms with Crippen molar-refractivity contribution in [2.24, 2.45) is 0 Å². The van der Waals surface area contributed by atoms with Crippen LogP contribution in [0.15, 0.2) is 78.8 Å². The molecule has 3 aromatic rings. The van der Waals surface area contributed by atoms with Crippen molar-refractivity contribution in [1.82, 2.24) is 10.3 Å². The van der Waals surface area contributed by atoms with Crippen LogP contribution < -0.4 is 15.4 Å². The summed E-state index contributed by atoms with van der Waals surface area (Å²) in [6.45, 7) is 0. The van der Waals surface area contributed by atoms with Gasteiger partial charge in [0.15, 0.2) is 0 Å². The van der Waals surface area contributed by atoms with Gasteiger partial charge in [-0.05, 0) is 48.0 Å². The number of methoxy groups -OCH3 is 1. The molecule has 1 heterocycles. The first-order chi connectivity index (χ1) is 15.0. The summed E-state index contributed by atoms with van der Waals surface area (Å²) in [6.07, 6.45) is 4.59. The van der Waals surface area contributed by atoms with Gasteiger partial charge in [0.1, 0.15) is 11.4 Å². The number of aromatic nitrogens is 1. The normalized spacial score (nSPS) is 10.8. The van der Waals surface area contributed by atoms with Gasteiger partial charge < -0.3 is 20.5 Å². The van der Waals surface area contributed by atoms with Gasteiger partial charge in [-0.2, -0.15) is 0 Å². The SMILES string of the molecule is COc1ccc(C(=O)O)cc1NC(=O)/C(=C/c1cccnc1)NC(=O)c1ccccc1. The second-order valence-electron chi connectivity index (χ2n) is 6.34. The number of amides is 2. The third-order valence-corrected chi connectivity index (χ3v) is 4.22. The molecular formula is C23H19N3O5. The number of aromatic carboxylic acids is 1. The van der Waals surface area contributed by atoms with E-state index < -0.39 is 17.8 Å². The first kappa shape index (κ1) is 21.3. The number of hydrogen-bond donors (Lipinski definition) is 3. The van der Waals surface area contributed by atoms with Crippen molar-refractivity contribution in [2.75, 3.05) is 12.4 Å². The summed E-state index contributed by atoms with van der Waals surface area (Å²) in [4.78, 5) is 40.9. The Morgan fingerprint density at radius 2 is 1.77 bits per heavy atom. The number of carboxylic acids is 1. The van der Waals surface area contributed by atoms with E-state index in [0.29, 0.717) is 11.1 Å². The Kier molecular flexibility index (Phi) is 6.74. The molecule has 0 saturated heterocycles. The van der Waals surface area contributed by atoms with E-state index in [0.717, 1.165) is 0 Å². The first-order valence-electron chi connectivity index (χ1n) is 9.18. The van der Waals surface area contributed by atoms with Crippen molar-refractivity contribution in [1.29, 1.82) is 0 Å². The van der Waals surface area contributed by atoms with Crippen molar-refractivity contribution in [3.05, 3.63) is 95.4 Å². The average Bonchev–Trinajstić information content (AvgIpc) is 2.79. The number of rotatable bonds is 7. The van der Waals surface area contributed by atoms with Crippen molar-refractivity contribution in [3.8, 4) is 5.75 Å². The average molecular weight is 417 g/mol. The number of pyridine rings is 1. The maximum atomic E-state index is 13.0. The molecule has 3 N–H and O–H groups in total. The fourth-order valence-corrected chi connectivity index (χ4v) is 2.70. The Morgan fingerprint density at radius 3 is 2.42 bits per heavy atom. The lowest BCUT2D eigenvalue weighted by molar-refractivity contribution is -0.113. The largest absolute Gasteiger partial charge is 0.495 e. The zero-order valence-electron chi connectivity index (χ0n) is 16.5. The minimum absolute atomic E-state index is 0.0257. The third kappa shape index (κ3) is 5.54. The molecule has 2 aromatic carbocycles. The number of carboxylic acid groups (broad SMARTS) is 1. The van der Waals surface area contributed by atoms with Gasteiger partial charge in [-0.15, -0.1) is 0 Å².